The Labute approximate surface area is 150 Å². The molecule has 0 aliphatic carbocycles. The zero-order valence-electron chi connectivity index (χ0n) is 13.6. The van der Waals surface area contributed by atoms with Crippen molar-refractivity contribution >= 4 is 15.9 Å². The molecule has 5 heteroatoms. The van der Waals surface area contributed by atoms with E-state index in [0.717, 1.165) is 28.0 Å². The van der Waals surface area contributed by atoms with Crippen LogP contribution in [0.2, 0.25) is 0 Å². The van der Waals surface area contributed by atoms with Gasteiger partial charge in [0, 0.05) is 4.47 Å². The molecule has 1 fully saturated rings. The van der Waals surface area contributed by atoms with Gasteiger partial charge in [0.25, 0.3) is 0 Å². The fourth-order valence-corrected chi connectivity index (χ4v) is 2.60. The average molecular weight is 393 g/mol. The number of hydrogen-bond donors (Lipinski definition) is 0. The summed E-state index contributed by atoms with van der Waals surface area (Å²) < 4.78 is 23.4. The van der Waals surface area contributed by atoms with Crippen molar-refractivity contribution < 1.29 is 18.9 Å². The minimum Gasteiger partial charge on any atom is -0.497 e. The lowest BCUT2D eigenvalue weighted by molar-refractivity contribution is -0.0417. The molecule has 0 radical (unpaired) electrons. The van der Waals surface area contributed by atoms with Crippen molar-refractivity contribution in [1.82, 2.24) is 0 Å². The van der Waals surface area contributed by atoms with Gasteiger partial charge in [0.15, 0.2) is 0 Å². The van der Waals surface area contributed by atoms with E-state index in [-0.39, 0.29) is 12.2 Å². The normalized spacial score (nSPS) is 17.5. The van der Waals surface area contributed by atoms with E-state index < -0.39 is 0 Å². The summed E-state index contributed by atoms with van der Waals surface area (Å²) in [4.78, 5) is 0. The molecular formula is C19H21BrO4. The number of epoxide rings is 1. The van der Waals surface area contributed by atoms with Crippen LogP contribution >= 0.6 is 15.9 Å². The summed E-state index contributed by atoms with van der Waals surface area (Å²) in [6, 6.07) is 16.0. The molecule has 0 N–H and O–H groups in total. The topological polar surface area (TPSA) is 40.2 Å². The molecule has 2 aromatic carbocycles. The molecule has 1 aliphatic rings. The van der Waals surface area contributed by atoms with Gasteiger partial charge in [-0.1, -0.05) is 40.2 Å². The third-order valence-corrected chi connectivity index (χ3v) is 4.39. The van der Waals surface area contributed by atoms with Crippen LogP contribution in [-0.2, 0) is 27.4 Å². The number of methoxy groups -OCH3 is 1. The van der Waals surface area contributed by atoms with Gasteiger partial charge >= 0.3 is 0 Å². The predicted molar refractivity (Wildman–Crippen MR) is 95.1 cm³/mol. The lowest BCUT2D eigenvalue weighted by atomic mass is 10.2. The number of halogens is 1. The second-order valence-corrected chi connectivity index (χ2v) is 6.63. The maximum absolute atomic E-state index is 5.98. The molecule has 4 nitrogen and oxygen atoms in total. The van der Waals surface area contributed by atoms with Crippen LogP contribution in [0.4, 0.5) is 0 Å². The van der Waals surface area contributed by atoms with Gasteiger partial charge in [0.2, 0.25) is 0 Å². The third-order valence-electron chi connectivity index (χ3n) is 3.86. The minimum atomic E-state index is -0.0353. The van der Waals surface area contributed by atoms with E-state index in [1.54, 1.807) is 7.11 Å². The van der Waals surface area contributed by atoms with E-state index in [1.165, 1.54) is 0 Å². The Morgan fingerprint density at radius 2 is 1.67 bits per heavy atom. The Hall–Kier alpha value is -1.40. The molecule has 3 rings (SSSR count). The number of rotatable bonds is 9. The summed E-state index contributed by atoms with van der Waals surface area (Å²) in [7, 11) is 1.66. The summed E-state index contributed by atoms with van der Waals surface area (Å²) in [5.74, 6) is 0.848. The molecule has 24 heavy (non-hydrogen) atoms. The van der Waals surface area contributed by atoms with Crippen LogP contribution in [0.5, 0.6) is 5.75 Å². The van der Waals surface area contributed by atoms with Gasteiger partial charge in [-0.2, -0.15) is 0 Å². The van der Waals surface area contributed by atoms with Gasteiger partial charge in [-0.05, 0) is 35.4 Å². The molecule has 2 atom stereocenters. The highest BCUT2D eigenvalue weighted by Crippen LogP contribution is 2.20. The highest BCUT2D eigenvalue weighted by molar-refractivity contribution is 9.10. The molecule has 1 heterocycles. The Morgan fingerprint density at radius 1 is 1.04 bits per heavy atom. The highest BCUT2D eigenvalue weighted by atomic mass is 79.9. The summed E-state index contributed by atoms with van der Waals surface area (Å²) in [5, 5.41) is 0. The van der Waals surface area contributed by atoms with Crippen LogP contribution in [0.25, 0.3) is 0 Å². The maximum Gasteiger partial charge on any atom is 0.118 e. The predicted octanol–water partition coefficient (Wildman–Crippen LogP) is 3.96. The van der Waals surface area contributed by atoms with Crippen molar-refractivity contribution in [2.24, 2.45) is 0 Å². The first-order valence-corrected chi connectivity index (χ1v) is 8.72. The zero-order chi connectivity index (χ0) is 16.8. The number of benzene rings is 2. The van der Waals surface area contributed by atoms with Crippen molar-refractivity contribution in [2.75, 3.05) is 20.3 Å². The second-order valence-electron chi connectivity index (χ2n) is 5.71. The molecule has 0 amide bonds. The van der Waals surface area contributed by atoms with Gasteiger partial charge in [-0.25, -0.2) is 0 Å². The molecule has 0 spiro atoms. The Bertz CT molecular complexity index is 623. The quantitative estimate of drug-likeness (QED) is 0.605. The van der Waals surface area contributed by atoms with Gasteiger partial charge < -0.3 is 18.9 Å². The van der Waals surface area contributed by atoms with Gasteiger partial charge in [0.05, 0.1) is 33.5 Å². The first-order valence-electron chi connectivity index (χ1n) is 7.93. The summed E-state index contributed by atoms with van der Waals surface area (Å²) in [5.41, 5.74) is 2.25. The van der Waals surface area contributed by atoms with Crippen molar-refractivity contribution in [2.45, 2.75) is 25.4 Å². The fourth-order valence-electron chi connectivity index (χ4n) is 2.33. The second kappa shape index (κ2) is 8.62. The molecular weight excluding hydrogens is 372 g/mol. The van der Waals surface area contributed by atoms with Crippen molar-refractivity contribution in [3.8, 4) is 5.75 Å². The Morgan fingerprint density at radius 3 is 2.29 bits per heavy atom. The van der Waals surface area contributed by atoms with Crippen LogP contribution in [0, 0.1) is 0 Å². The standard InChI is InChI=1S/C19H21BrO4/c1-21-17-8-4-14(5-9-17)10-22-12-18(19-13-24-19)23-11-15-2-6-16(20)7-3-15/h2-9,18-19H,10-13H2,1H3/t18-,19+/m0/s1. The monoisotopic (exact) mass is 392 g/mol. The first kappa shape index (κ1) is 17.4. The van der Waals surface area contributed by atoms with Crippen molar-refractivity contribution in [3.05, 3.63) is 64.1 Å². The van der Waals surface area contributed by atoms with Crippen LogP contribution in [-0.4, -0.2) is 32.5 Å². The Kier molecular flexibility index (Phi) is 6.26. The van der Waals surface area contributed by atoms with Gasteiger partial charge in [-0.3, -0.25) is 0 Å². The smallest absolute Gasteiger partial charge is 0.118 e. The average Bonchev–Trinajstić information content (AvgIpc) is 3.45. The molecule has 1 aliphatic heterocycles. The lowest BCUT2D eigenvalue weighted by Gasteiger charge is -2.16. The minimum absolute atomic E-state index is 0.0353. The van der Waals surface area contributed by atoms with Gasteiger partial charge in [-0.15, -0.1) is 0 Å². The van der Waals surface area contributed by atoms with E-state index in [4.69, 9.17) is 18.9 Å². The highest BCUT2D eigenvalue weighted by Gasteiger charge is 2.33. The first-order chi connectivity index (χ1) is 11.7. The molecule has 0 aromatic heterocycles. The van der Waals surface area contributed by atoms with Crippen molar-refractivity contribution in [1.29, 1.82) is 0 Å². The Balaban J connectivity index is 1.44. The largest absolute Gasteiger partial charge is 0.497 e. The maximum atomic E-state index is 5.98. The number of ether oxygens (including phenoxy) is 4. The van der Waals surface area contributed by atoms with E-state index in [2.05, 4.69) is 15.9 Å². The van der Waals surface area contributed by atoms with E-state index in [9.17, 15) is 0 Å². The van der Waals surface area contributed by atoms with Crippen LogP contribution in [0.3, 0.4) is 0 Å². The van der Waals surface area contributed by atoms with Crippen LogP contribution < -0.4 is 4.74 Å². The number of hydrogen-bond acceptors (Lipinski definition) is 4. The summed E-state index contributed by atoms with van der Waals surface area (Å²) in [6.07, 6.45) is 0.114. The SMILES string of the molecule is COc1ccc(COC[C@H](OCc2ccc(Br)cc2)[C@H]2CO2)cc1. The molecule has 0 bridgehead atoms. The van der Waals surface area contributed by atoms with E-state index in [1.807, 2.05) is 48.5 Å². The summed E-state index contributed by atoms with van der Waals surface area (Å²) >= 11 is 3.44. The summed E-state index contributed by atoms with van der Waals surface area (Å²) in [6.45, 7) is 2.38. The van der Waals surface area contributed by atoms with Gasteiger partial charge in [0.1, 0.15) is 18.0 Å². The zero-order valence-corrected chi connectivity index (χ0v) is 15.2. The van der Waals surface area contributed by atoms with E-state index in [0.29, 0.717) is 19.8 Å². The lowest BCUT2D eigenvalue weighted by Crippen LogP contribution is -2.25. The third kappa shape index (κ3) is 5.31. The fraction of sp³-hybridized carbons (Fsp3) is 0.368. The molecule has 0 unspecified atom stereocenters. The van der Waals surface area contributed by atoms with Crippen molar-refractivity contribution in [3.63, 3.8) is 0 Å². The van der Waals surface area contributed by atoms with E-state index >= 15 is 0 Å². The molecule has 2 aromatic rings. The van der Waals surface area contributed by atoms with Crippen LogP contribution in [0.15, 0.2) is 53.0 Å². The molecule has 0 saturated carbocycles. The van der Waals surface area contributed by atoms with Crippen LogP contribution in [0.1, 0.15) is 11.1 Å². The molecule has 128 valence electrons. The molecule has 1 saturated heterocycles.